The molecule has 0 unspecified atom stereocenters. The highest BCUT2D eigenvalue weighted by Gasteiger charge is 2.13. The number of carbonyl (C=O) groups excluding carboxylic acids is 1. The summed E-state index contributed by atoms with van der Waals surface area (Å²) in [6, 6.07) is 12.6. The Balaban J connectivity index is 1.98. The van der Waals surface area contributed by atoms with Crippen LogP contribution < -0.4 is 5.32 Å². The summed E-state index contributed by atoms with van der Waals surface area (Å²) in [4.78, 5) is 16.6. The molecular formula is C17H16ClN3O3S. The van der Waals surface area contributed by atoms with Crippen LogP contribution in [0.15, 0.2) is 42.5 Å². The van der Waals surface area contributed by atoms with Crippen molar-refractivity contribution in [1.82, 2.24) is 14.9 Å². The molecule has 0 aliphatic rings. The molecule has 0 atom stereocenters. The second kappa shape index (κ2) is 7.25. The topological polar surface area (TPSA) is 81.1 Å². The first-order valence-corrected chi connectivity index (χ1v) is 9.30. The van der Waals surface area contributed by atoms with Crippen molar-refractivity contribution in [2.45, 2.75) is 13.5 Å². The minimum Gasteiger partial charge on any atom is -0.338 e. The van der Waals surface area contributed by atoms with Crippen molar-refractivity contribution < 1.29 is 13.2 Å². The summed E-state index contributed by atoms with van der Waals surface area (Å²) >= 11 is 6.24. The summed E-state index contributed by atoms with van der Waals surface area (Å²) in [5, 5.41) is 3.03. The third-order valence-corrected chi connectivity index (χ3v) is 4.64. The lowest BCUT2D eigenvalue weighted by Gasteiger charge is -2.09. The van der Waals surface area contributed by atoms with E-state index in [9.17, 15) is 13.2 Å². The van der Waals surface area contributed by atoms with Gasteiger partial charge in [-0.3, -0.25) is 4.79 Å². The summed E-state index contributed by atoms with van der Waals surface area (Å²) in [6.07, 6.45) is 0. The van der Waals surface area contributed by atoms with Crippen LogP contribution in [0.5, 0.6) is 0 Å². The number of halogens is 1. The average Bonchev–Trinajstić information content (AvgIpc) is 2.89. The Labute approximate surface area is 151 Å². The van der Waals surface area contributed by atoms with Crippen LogP contribution in [0, 0.1) is 6.92 Å². The van der Waals surface area contributed by atoms with Crippen LogP contribution in [0.25, 0.3) is 11.0 Å². The zero-order chi connectivity index (χ0) is 18.0. The maximum absolute atomic E-state index is 12.1. The Hall–Kier alpha value is -2.38. The van der Waals surface area contributed by atoms with Crippen LogP contribution >= 0.6 is 11.6 Å². The first-order chi connectivity index (χ1) is 12.0. The van der Waals surface area contributed by atoms with Gasteiger partial charge in [-0.2, -0.15) is 0 Å². The number of imidazole rings is 1. The number of nitrogens with zero attached hydrogens (tertiary/aromatic N) is 2. The van der Waals surface area contributed by atoms with Crippen LogP contribution in [0.3, 0.4) is 0 Å². The number of carbonyl (C=O) groups is 1. The fourth-order valence-corrected chi connectivity index (χ4v) is 3.09. The highest BCUT2D eigenvalue weighted by Crippen LogP contribution is 2.22. The first kappa shape index (κ1) is 17.4. The quantitative estimate of drug-likeness (QED) is 0.669. The number of fused-ring (bicyclic) bond motifs is 1. The third-order valence-electron chi connectivity index (χ3n) is 3.86. The van der Waals surface area contributed by atoms with E-state index in [4.69, 9.17) is 11.6 Å². The number of nitrogens with one attached hydrogen (secondary N) is 1. The van der Waals surface area contributed by atoms with Gasteiger partial charge in [0.05, 0.1) is 17.6 Å². The molecule has 1 amide bonds. The van der Waals surface area contributed by atoms with Crippen molar-refractivity contribution in [2.24, 2.45) is 0 Å². The van der Waals surface area contributed by atoms with E-state index < -0.39 is 16.6 Å². The lowest BCUT2D eigenvalue weighted by Crippen LogP contribution is -2.25. The monoisotopic (exact) mass is 377 g/mol. The van der Waals surface area contributed by atoms with Gasteiger partial charge in [0.25, 0.3) is 5.91 Å². The molecule has 0 fully saturated rings. The van der Waals surface area contributed by atoms with Gasteiger partial charge in [-0.1, -0.05) is 29.8 Å². The van der Waals surface area contributed by atoms with Gasteiger partial charge in [0.15, 0.2) is 10.7 Å². The molecule has 0 saturated heterocycles. The molecule has 0 radical (unpaired) electrons. The number of thiol groups is 1. The molecule has 0 aliphatic carbocycles. The maximum atomic E-state index is 12.1. The molecule has 0 aliphatic heterocycles. The fraction of sp³-hybridized carbons (Fsp3) is 0.176. The van der Waals surface area contributed by atoms with Crippen LogP contribution in [0.4, 0.5) is 0 Å². The van der Waals surface area contributed by atoms with Crippen LogP contribution in [0.2, 0.25) is 5.02 Å². The lowest BCUT2D eigenvalue weighted by atomic mass is 10.1. The van der Waals surface area contributed by atoms with E-state index in [1.54, 1.807) is 18.2 Å². The smallest absolute Gasteiger partial charge is 0.252 e. The van der Waals surface area contributed by atoms with Gasteiger partial charge in [-0.15, -0.1) is 0 Å². The summed E-state index contributed by atoms with van der Waals surface area (Å²) in [5.41, 5.74) is 2.88. The molecule has 2 aromatic carbocycles. The van der Waals surface area contributed by atoms with Crippen LogP contribution in [-0.4, -0.2) is 29.8 Å². The predicted molar refractivity (Wildman–Crippen MR) is 97.7 cm³/mol. The summed E-state index contributed by atoms with van der Waals surface area (Å²) < 4.78 is 23.2. The fourth-order valence-electron chi connectivity index (χ4n) is 2.62. The number of aryl methyl sites for hydroxylation is 1. The Kier molecular flexibility index (Phi) is 5.06. The van der Waals surface area contributed by atoms with E-state index in [0.29, 0.717) is 17.1 Å². The van der Waals surface area contributed by atoms with E-state index in [2.05, 4.69) is 10.3 Å². The molecule has 1 heterocycles. The van der Waals surface area contributed by atoms with Crippen molar-refractivity contribution >= 4 is 39.2 Å². The Morgan fingerprint density at radius 2 is 2.00 bits per heavy atom. The number of hydrogen-bond donors (Lipinski definition) is 2. The van der Waals surface area contributed by atoms with E-state index in [1.807, 2.05) is 35.8 Å². The van der Waals surface area contributed by atoms with Gasteiger partial charge in [0.1, 0.15) is 11.7 Å². The Bertz CT molecular complexity index is 1020. The van der Waals surface area contributed by atoms with Crippen LogP contribution in [0.1, 0.15) is 21.7 Å². The predicted octanol–water partition coefficient (Wildman–Crippen LogP) is 2.35. The van der Waals surface area contributed by atoms with E-state index in [1.165, 1.54) is 0 Å². The Morgan fingerprint density at radius 1 is 1.24 bits per heavy atom. The minimum atomic E-state index is -2.66. The lowest BCUT2D eigenvalue weighted by molar-refractivity contribution is 0.0960. The second-order valence-corrected chi connectivity index (χ2v) is 6.93. The zero-order valence-electron chi connectivity index (χ0n) is 13.4. The Morgan fingerprint density at radius 3 is 2.72 bits per heavy atom. The summed E-state index contributed by atoms with van der Waals surface area (Å²) in [7, 11) is -2.66. The van der Waals surface area contributed by atoms with E-state index >= 15 is 0 Å². The molecule has 1 N–H and O–H groups in total. The number of amides is 1. The largest absolute Gasteiger partial charge is 0.338 e. The zero-order valence-corrected chi connectivity index (χ0v) is 15.1. The highest BCUT2D eigenvalue weighted by molar-refractivity contribution is 7.72. The molecule has 0 saturated carbocycles. The van der Waals surface area contributed by atoms with Gasteiger partial charge in [0, 0.05) is 10.6 Å². The SMILES string of the molecule is Cc1nc2ccc(C(=O)NC[SH](=O)=O)cc2n1Cc1ccccc1Cl. The van der Waals surface area contributed by atoms with Crippen molar-refractivity contribution in [3.05, 3.63) is 64.4 Å². The molecular weight excluding hydrogens is 362 g/mol. The van der Waals surface area contributed by atoms with E-state index in [0.717, 1.165) is 22.4 Å². The van der Waals surface area contributed by atoms with Crippen molar-refractivity contribution in [2.75, 3.05) is 5.88 Å². The molecule has 8 heteroatoms. The van der Waals surface area contributed by atoms with Gasteiger partial charge in [0.2, 0.25) is 0 Å². The normalized spacial score (nSPS) is 11.2. The number of benzene rings is 2. The number of hydrogen-bond acceptors (Lipinski definition) is 4. The average molecular weight is 378 g/mol. The van der Waals surface area contributed by atoms with Crippen molar-refractivity contribution in [3.63, 3.8) is 0 Å². The van der Waals surface area contributed by atoms with Crippen molar-refractivity contribution in [3.8, 4) is 0 Å². The highest BCUT2D eigenvalue weighted by atomic mass is 35.5. The molecule has 3 rings (SSSR count). The van der Waals surface area contributed by atoms with Gasteiger partial charge < -0.3 is 9.88 Å². The van der Waals surface area contributed by atoms with Gasteiger partial charge in [-0.05, 0) is 36.8 Å². The van der Waals surface area contributed by atoms with Gasteiger partial charge in [-0.25, -0.2) is 13.4 Å². The molecule has 6 nitrogen and oxygen atoms in total. The molecule has 0 spiro atoms. The summed E-state index contributed by atoms with van der Waals surface area (Å²) in [5.74, 6) is -0.0243. The minimum absolute atomic E-state index is 0.379. The number of aromatic nitrogens is 2. The molecule has 3 aromatic rings. The summed E-state index contributed by atoms with van der Waals surface area (Å²) in [6.45, 7) is 2.41. The standard InChI is InChI=1S/C17H16ClN3O3S/c1-11-20-15-7-6-12(17(22)19-10-25(23)24)8-16(15)21(11)9-13-4-2-3-5-14(13)18/h2-8,25H,9-10H2,1H3,(H,19,22). The molecule has 0 bridgehead atoms. The third kappa shape index (κ3) is 3.83. The van der Waals surface area contributed by atoms with E-state index in [-0.39, 0.29) is 5.88 Å². The molecule has 130 valence electrons. The number of rotatable bonds is 5. The van der Waals surface area contributed by atoms with Crippen LogP contribution in [-0.2, 0) is 17.2 Å². The molecule has 25 heavy (non-hydrogen) atoms. The second-order valence-electron chi connectivity index (χ2n) is 5.54. The maximum Gasteiger partial charge on any atom is 0.252 e. The van der Waals surface area contributed by atoms with Gasteiger partial charge >= 0.3 is 0 Å². The first-order valence-electron chi connectivity index (χ1n) is 7.56. The molecule has 1 aromatic heterocycles. The van der Waals surface area contributed by atoms with Crippen molar-refractivity contribution in [1.29, 1.82) is 0 Å².